The fourth-order valence-electron chi connectivity index (χ4n) is 3.22. The fourth-order valence-corrected chi connectivity index (χ4v) is 3.22. The maximum atomic E-state index is 14.6. The van der Waals surface area contributed by atoms with E-state index in [1.807, 2.05) is 24.3 Å². The Kier molecular flexibility index (Phi) is 6.44. The number of aryl methyl sites for hydroxylation is 2. The summed E-state index contributed by atoms with van der Waals surface area (Å²) in [5.41, 5.74) is 1.32. The monoisotopic (exact) mass is 420 g/mol. The second-order valence-corrected chi connectivity index (χ2v) is 7.05. The van der Waals surface area contributed by atoms with E-state index in [9.17, 15) is 22.0 Å². The van der Waals surface area contributed by atoms with Crippen LogP contribution in [0, 0.1) is 12.7 Å². The third-order valence-electron chi connectivity index (χ3n) is 4.87. The largest absolute Gasteiger partial charge is 0.426 e. The van der Waals surface area contributed by atoms with Crippen molar-refractivity contribution in [3.63, 3.8) is 0 Å². The SMILES string of the molecule is CCCc1ccc(-c2ccc(C(F)(F)Oc3ccc(C)c(C(F)F)c3F)cc2)cc1. The lowest BCUT2D eigenvalue weighted by atomic mass is 10.0. The number of ether oxygens (including phenoxy) is 1. The molecule has 158 valence electrons. The Morgan fingerprint density at radius 3 is 1.97 bits per heavy atom. The van der Waals surface area contributed by atoms with Gasteiger partial charge in [-0.2, -0.15) is 8.78 Å². The number of hydrogen-bond acceptors (Lipinski definition) is 1. The minimum absolute atomic E-state index is 0.0347. The molecule has 0 radical (unpaired) electrons. The number of alkyl halides is 4. The highest BCUT2D eigenvalue weighted by Gasteiger charge is 2.36. The third kappa shape index (κ3) is 4.64. The summed E-state index contributed by atoms with van der Waals surface area (Å²) >= 11 is 0. The average molecular weight is 420 g/mol. The van der Waals surface area contributed by atoms with Crippen LogP contribution in [-0.4, -0.2) is 0 Å². The van der Waals surface area contributed by atoms with Gasteiger partial charge in [0.2, 0.25) is 0 Å². The molecule has 3 aromatic rings. The Hall–Kier alpha value is -2.89. The highest BCUT2D eigenvalue weighted by atomic mass is 19.3. The lowest BCUT2D eigenvalue weighted by Gasteiger charge is -2.20. The summed E-state index contributed by atoms with van der Waals surface area (Å²) in [7, 11) is 0. The highest BCUT2D eigenvalue weighted by molar-refractivity contribution is 5.64. The van der Waals surface area contributed by atoms with E-state index in [1.54, 1.807) is 0 Å². The Morgan fingerprint density at radius 1 is 0.867 bits per heavy atom. The molecule has 0 N–H and O–H groups in total. The molecular weight excluding hydrogens is 399 g/mol. The highest BCUT2D eigenvalue weighted by Crippen LogP contribution is 2.37. The molecule has 0 aliphatic rings. The van der Waals surface area contributed by atoms with Gasteiger partial charge in [-0.15, -0.1) is 0 Å². The van der Waals surface area contributed by atoms with Gasteiger partial charge >= 0.3 is 6.11 Å². The molecule has 0 fully saturated rings. The topological polar surface area (TPSA) is 9.23 Å². The van der Waals surface area contributed by atoms with Crippen LogP contribution < -0.4 is 4.74 Å². The van der Waals surface area contributed by atoms with Crippen molar-refractivity contribution < 1.29 is 26.7 Å². The molecule has 6 heteroatoms. The first-order chi connectivity index (χ1) is 14.2. The van der Waals surface area contributed by atoms with E-state index in [0.717, 1.165) is 36.1 Å². The van der Waals surface area contributed by atoms with Crippen LogP contribution in [0.25, 0.3) is 11.1 Å². The van der Waals surface area contributed by atoms with E-state index in [2.05, 4.69) is 11.7 Å². The van der Waals surface area contributed by atoms with Gasteiger partial charge in [0.05, 0.1) is 11.1 Å². The van der Waals surface area contributed by atoms with E-state index >= 15 is 0 Å². The van der Waals surface area contributed by atoms with Crippen molar-refractivity contribution in [1.29, 1.82) is 0 Å². The van der Waals surface area contributed by atoms with Crippen LogP contribution in [0.5, 0.6) is 5.75 Å². The number of halogens is 5. The molecule has 0 spiro atoms. The zero-order valence-corrected chi connectivity index (χ0v) is 16.6. The summed E-state index contributed by atoms with van der Waals surface area (Å²) < 4.78 is 73.9. The van der Waals surface area contributed by atoms with Crippen LogP contribution >= 0.6 is 0 Å². The molecule has 0 atom stereocenters. The fraction of sp³-hybridized carbons (Fsp3) is 0.250. The van der Waals surface area contributed by atoms with Gasteiger partial charge in [-0.1, -0.05) is 55.8 Å². The second-order valence-electron chi connectivity index (χ2n) is 7.05. The van der Waals surface area contributed by atoms with Gasteiger partial charge in [-0.25, -0.2) is 13.2 Å². The maximum absolute atomic E-state index is 14.6. The van der Waals surface area contributed by atoms with Crippen LogP contribution in [0.3, 0.4) is 0 Å². The molecule has 0 aliphatic carbocycles. The minimum Gasteiger partial charge on any atom is -0.426 e. The molecule has 3 aromatic carbocycles. The van der Waals surface area contributed by atoms with Gasteiger partial charge in [0.1, 0.15) is 0 Å². The first-order valence-electron chi connectivity index (χ1n) is 9.56. The van der Waals surface area contributed by atoms with Crippen molar-refractivity contribution in [3.05, 3.63) is 88.7 Å². The summed E-state index contributed by atoms with van der Waals surface area (Å²) in [6.45, 7) is 3.37. The minimum atomic E-state index is -3.89. The summed E-state index contributed by atoms with van der Waals surface area (Å²) in [5.74, 6) is -2.40. The molecule has 0 unspecified atom stereocenters. The van der Waals surface area contributed by atoms with Gasteiger partial charge in [-0.05, 0) is 53.8 Å². The summed E-state index contributed by atoms with van der Waals surface area (Å²) in [6.07, 6.45) is -5.03. The van der Waals surface area contributed by atoms with Gasteiger partial charge in [0.25, 0.3) is 6.43 Å². The zero-order valence-electron chi connectivity index (χ0n) is 16.6. The van der Waals surface area contributed by atoms with Crippen molar-refractivity contribution in [2.75, 3.05) is 0 Å². The summed E-state index contributed by atoms with van der Waals surface area (Å²) in [5, 5.41) is 0. The van der Waals surface area contributed by atoms with Crippen molar-refractivity contribution >= 4 is 0 Å². The molecule has 0 amide bonds. The zero-order chi connectivity index (χ0) is 21.9. The number of hydrogen-bond donors (Lipinski definition) is 0. The second kappa shape index (κ2) is 8.86. The van der Waals surface area contributed by atoms with Gasteiger partial charge in [-0.3, -0.25) is 0 Å². The van der Waals surface area contributed by atoms with Crippen molar-refractivity contribution in [3.8, 4) is 16.9 Å². The van der Waals surface area contributed by atoms with Gasteiger partial charge in [0, 0.05) is 0 Å². The molecule has 30 heavy (non-hydrogen) atoms. The molecule has 0 aromatic heterocycles. The van der Waals surface area contributed by atoms with Crippen LogP contribution in [0.4, 0.5) is 22.0 Å². The molecule has 1 nitrogen and oxygen atoms in total. The lowest BCUT2D eigenvalue weighted by Crippen LogP contribution is -2.22. The maximum Gasteiger partial charge on any atom is 0.426 e. The Morgan fingerprint density at radius 2 is 1.43 bits per heavy atom. The smallest absolute Gasteiger partial charge is 0.426 e. The lowest BCUT2D eigenvalue weighted by molar-refractivity contribution is -0.187. The molecular formula is C24H21F5O. The molecule has 0 aliphatic heterocycles. The Balaban J connectivity index is 1.82. The van der Waals surface area contributed by atoms with Crippen LogP contribution in [-0.2, 0) is 12.5 Å². The predicted octanol–water partition coefficient (Wildman–Crippen LogP) is 7.82. The van der Waals surface area contributed by atoms with Crippen molar-refractivity contribution in [1.82, 2.24) is 0 Å². The van der Waals surface area contributed by atoms with E-state index < -0.39 is 35.2 Å². The van der Waals surface area contributed by atoms with Crippen LogP contribution in [0.1, 0.15) is 42.0 Å². The molecule has 0 saturated carbocycles. The van der Waals surface area contributed by atoms with Crippen molar-refractivity contribution in [2.45, 2.75) is 39.2 Å². The van der Waals surface area contributed by atoms with E-state index in [4.69, 9.17) is 0 Å². The molecule has 0 saturated heterocycles. The van der Waals surface area contributed by atoms with Gasteiger partial charge in [0.15, 0.2) is 11.6 Å². The molecule has 3 rings (SSSR count). The van der Waals surface area contributed by atoms with Gasteiger partial charge < -0.3 is 4.74 Å². The van der Waals surface area contributed by atoms with Crippen LogP contribution in [0.2, 0.25) is 0 Å². The van der Waals surface area contributed by atoms with E-state index in [1.165, 1.54) is 36.8 Å². The molecule has 0 heterocycles. The summed E-state index contributed by atoms with van der Waals surface area (Å²) in [6, 6.07) is 15.2. The average Bonchev–Trinajstić information content (AvgIpc) is 2.71. The standard InChI is InChI=1S/C24H21F5O/c1-3-4-16-6-8-17(9-7-16)18-10-12-19(13-11-18)24(28,29)30-20-14-5-15(2)21(22(20)25)23(26)27/h5-14,23H,3-4H2,1-2H3. The van der Waals surface area contributed by atoms with E-state index in [0.29, 0.717) is 0 Å². The third-order valence-corrected chi connectivity index (χ3v) is 4.87. The Bertz CT molecular complexity index is 995. The Labute approximate surface area is 172 Å². The van der Waals surface area contributed by atoms with Crippen molar-refractivity contribution in [2.24, 2.45) is 0 Å². The predicted molar refractivity (Wildman–Crippen MR) is 106 cm³/mol. The number of rotatable bonds is 7. The number of benzene rings is 3. The summed E-state index contributed by atoms with van der Waals surface area (Å²) in [4.78, 5) is 0. The first kappa shape index (κ1) is 21.8. The molecule has 0 bridgehead atoms. The normalized spacial score (nSPS) is 11.7. The van der Waals surface area contributed by atoms with Crippen LogP contribution in [0.15, 0.2) is 60.7 Å². The first-order valence-corrected chi connectivity index (χ1v) is 9.56. The van der Waals surface area contributed by atoms with E-state index in [-0.39, 0.29) is 5.56 Å². The quantitative estimate of drug-likeness (QED) is 0.354.